The number of benzene rings is 3. The Kier molecular flexibility index (Phi) is 3.89. The molecule has 3 aromatic heterocycles. The number of pyridine rings is 2. The van der Waals surface area contributed by atoms with E-state index in [1.54, 1.807) is 0 Å². The average Bonchev–Trinajstić information content (AvgIpc) is 3.03. The van der Waals surface area contributed by atoms with Crippen LogP contribution in [0.2, 0.25) is 19.6 Å². The smallest absolute Gasteiger partial charge is 0.0840 e. The quantitative estimate of drug-likeness (QED) is 0.150. The van der Waals surface area contributed by atoms with Gasteiger partial charge in [0.05, 0.1) is 31.5 Å². The van der Waals surface area contributed by atoms with Crippen LogP contribution in [0.15, 0.2) is 54.7 Å². The van der Waals surface area contributed by atoms with Gasteiger partial charge in [-0.2, -0.15) is 0 Å². The minimum atomic E-state index is -1.58. The monoisotopic (exact) mass is 449 g/mol. The molecular weight excluding hydrogens is 416 g/mol. The molecule has 3 heteroatoms. The minimum Gasteiger partial charge on any atom is -0.308 e. The number of fused-ring (bicyclic) bond motifs is 5. The summed E-state index contributed by atoms with van der Waals surface area (Å²) in [6.45, 7) is 16.3. The van der Waals surface area contributed by atoms with E-state index in [2.05, 4.69) is 94.2 Å². The normalized spacial score (nSPS) is 13.8. The molecule has 0 amide bonds. The van der Waals surface area contributed by atoms with Gasteiger partial charge in [0.15, 0.2) is 0 Å². The minimum absolute atomic E-state index is 0.232. The van der Waals surface area contributed by atoms with Crippen molar-refractivity contribution in [3.8, 4) is 0 Å². The molecule has 33 heavy (non-hydrogen) atoms. The van der Waals surface area contributed by atoms with Gasteiger partial charge in [-0.25, -0.2) is 0 Å². The van der Waals surface area contributed by atoms with E-state index < -0.39 is 8.07 Å². The molecule has 6 rings (SSSR count). The van der Waals surface area contributed by atoms with E-state index in [0.29, 0.717) is 6.17 Å². The first kappa shape index (κ1) is 19.5. The van der Waals surface area contributed by atoms with Crippen LogP contribution >= 0.6 is 0 Å². The van der Waals surface area contributed by atoms with Crippen molar-refractivity contribution in [1.82, 2.24) is 9.38 Å². The zero-order valence-corrected chi connectivity index (χ0v) is 21.7. The van der Waals surface area contributed by atoms with E-state index in [1.807, 2.05) is 6.07 Å². The molecule has 166 valence electrons. The Morgan fingerprint density at radius 1 is 0.909 bits per heavy atom. The molecule has 0 aliphatic heterocycles. The highest BCUT2D eigenvalue weighted by Crippen LogP contribution is 2.40. The summed E-state index contributed by atoms with van der Waals surface area (Å²) < 4.78 is 11.0. The number of nitrogens with zero attached hydrogens (tertiary/aromatic N) is 2. The van der Waals surface area contributed by atoms with Gasteiger partial charge < -0.3 is 4.40 Å². The summed E-state index contributed by atoms with van der Waals surface area (Å²) in [6.07, 6.45) is 1.38. The molecule has 2 nitrogen and oxygen atoms in total. The molecule has 0 N–H and O–H groups in total. The lowest BCUT2D eigenvalue weighted by molar-refractivity contribution is 0.411. The fourth-order valence-electron chi connectivity index (χ4n) is 5.54. The standard InChI is InChI=1S/C30H32N2Si/c1-18-12-23-22-9-8-19(17-30(2,3)4)14-25(22)32-26-16-21(33(5,6)7)15-20-10-11-31-28(27(20)26)24(13-18)29(23)32/h8-16H,17H2,1-7H3/i11D. The molecule has 0 aliphatic carbocycles. The van der Waals surface area contributed by atoms with Crippen LogP contribution in [0.3, 0.4) is 0 Å². The predicted molar refractivity (Wildman–Crippen MR) is 147 cm³/mol. The summed E-state index contributed by atoms with van der Waals surface area (Å²) in [5.41, 5.74) is 7.52. The van der Waals surface area contributed by atoms with Crippen LogP contribution in [0.5, 0.6) is 0 Å². The zero-order valence-electron chi connectivity index (χ0n) is 21.7. The highest BCUT2D eigenvalue weighted by molar-refractivity contribution is 6.89. The highest BCUT2D eigenvalue weighted by Gasteiger charge is 2.23. The van der Waals surface area contributed by atoms with Gasteiger partial charge in [-0.05, 0) is 65.6 Å². The molecule has 0 atom stereocenters. The number of hydrogen-bond donors (Lipinski definition) is 0. The first-order valence-corrected chi connectivity index (χ1v) is 15.4. The summed E-state index contributed by atoms with van der Waals surface area (Å²) in [5, 5.41) is 7.46. The molecule has 0 aliphatic rings. The lowest BCUT2D eigenvalue weighted by atomic mass is 9.88. The number of aromatic nitrogens is 2. The van der Waals surface area contributed by atoms with Crippen molar-refractivity contribution >= 4 is 62.3 Å². The third-order valence-corrected chi connectivity index (χ3v) is 8.97. The van der Waals surface area contributed by atoms with Crippen molar-refractivity contribution in [3.05, 3.63) is 65.8 Å². The molecule has 0 saturated carbocycles. The Balaban J connectivity index is 1.91. The third-order valence-electron chi connectivity index (χ3n) is 6.95. The Bertz CT molecular complexity index is 1760. The lowest BCUT2D eigenvalue weighted by Crippen LogP contribution is -2.37. The Morgan fingerprint density at radius 2 is 1.67 bits per heavy atom. The van der Waals surface area contributed by atoms with Gasteiger partial charge in [-0.1, -0.05) is 63.8 Å². The lowest BCUT2D eigenvalue weighted by Gasteiger charge is -2.20. The molecule has 0 fully saturated rings. The van der Waals surface area contributed by atoms with Gasteiger partial charge in [-0.3, -0.25) is 4.98 Å². The number of aryl methyl sites for hydroxylation is 1. The zero-order chi connectivity index (χ0) is 24.2. The van der Waals surface area contributed by atoms with Crippen molar-refractivity contribution in [2.45, 2.75) is 53.8 Å². The Labute approximate surface area is 198 Å². The fraction of sp³-hybridized carbons (Fsp3) is 0.300. The Morgan fingerprint density at radius 3 is 2.39 bits per heavy atom. The largest absolute Gasteiger partial charge is 0.308 e. The highest BCUT2D eigenvalue weighted by atomic mass is 28.3. The fourth-order valence-corrected chi connectivity index (χ4v) is 6.69. The van der Waals surface area contributed by atoms with Crippen LogP contribution in [0.25, 0.3) is 49.0 Å². The summed E-state index contributed by atoms with van der Waals surface area (Å²) in [7, 11) is -1.58. The topological polar surface area (TPSA) is 17.3 Å². The second-order valence-corrected chi connectivity index (χ2v) is 17.2. The molecule has 0 spiro atoms. The first-order valence-electron chi connectivity index (χ1n) is 12.4. The predicted octanol–water partition coefficient (Wildman–Crippen LogP) is 7.83. The number of rotatable bonds is 2. The molecule has 0 unspecified atom stereocenters. The van der Waals surface area contributed by atoms with Crippen molar-refractivity contribution in [2.24, 2.45) is 5.41 Å². The maximum Gasteiger partial charge on any atom is 0.0840 e. The summed E-state index contributed by atoms with van der Waals surface area (Å²) >= 11 is 0. The van der Waals surface area contributed by atoms with E-state index in [4.69, 9.17) is 6.35 Å². The van der Waals surface area contributed by atoms with Gasteiger partial charge in [0.25, 0.3) is 0 Å². The summed E-state index contributed by atoms with van der Waals surface area (Å²) in [6, 6.07) is 18.3. The van der Waals surface area contributed by atoms with E-state index in [0.717, 1.165) is 22.7 Å². The van der Waals surface area contributed by atoms with E-state index >= 15 is 0 Å². The van der Waals surface area contributed by atoms with Crippen molar-refractivity contribution in [2.75, 3.05) is 0 Å². The van der Waals surface area contributed by atoms with Crippen molar-refractivity contribution in [1.29, 1.82) is 0 Å². The van der Waals surface area contributed by atoms with Crippen LogP contribution in [-0.4, -0.2) is 17.5 Å². The van der Waals surface area contributed by atoms with Crippen LogP contribution in [0.1, 0.15) is 33.3 Å². The van der Waals surface area contributed by atoms with Crippen LogP contribution < -0.4 is 5.19 Å². The Hall–Kier alpha value is -2.91. The molecule has 0 bridgehead atoms. The second-order valence-electron chi connectivity index (χ2n) is 12.1. The van der Waals surface area contributed by atoms with Crippen molar-refractivity contribution in [3.63, 3.8) is 0 Å². The average molecular weight is 450 g/mol. The first-order chi connectivity index (χ1) is 15.9. The molecule has 0 saturated heterocycles. The van der Waals surface area contributed by atoms with Crippen LogP contribution in [0.4, 0.5) is 0 Å². The molecule has 0 radical (unpaired) electrons. The molecule has 3 heterocycles. The van der Waals surface area contributed by atoms with Crippen LogP contribution in [0, 0.1) is 12.3 Å². The van der Waals surface area contributed by atoms with Gasteiger partial charge in [0, 0.05) is 27.7 Å². The van der Waals surface area contributed by atoms with E-state index in [1.165, 1.54) is 49.0 Å². The summed E-state index contributed by atoms with van der Waals surface area (Å²) in [4.78, 5) is 4.79. The maximum atomic E-state index is 8.48. The van der Waals surface area contributed by atoms with Gasteiger partial charge in [0.2, 0.25) is 0 Å². The van der Waals surface area contributed by atoms with Gasteiger partial charge in [0.1, 0.15) is 0 Å². The summed E-state index contributed by atoms with van der Waals surface area (Å²) in [5.74, 6) is 0. The van der Waals surface area contributed by atoms with Crippen molar-refractivity contribution < 1.29 is 1.37 Å². The van der Waals surface area contributed by atoms with E-state index in [9.17, 15) is 0 Å². The number of hydrogen-bond acceptors (Lipinski definition) is 1. The van der Waals surface area contributed by atoms with Gasteiger partial charge in [-0.15, -0.1) is 0 Å². The molecule has 6 aromatic rings. The maximum absolute atomic E-state index is 8.48. The SMILES string of the molecule is [2H]c1cc2cc([Si](C)(C)C)cc3c2c(n1)c1cc(C)cc2c4ccc(CC(C)(C)C)cc4n3c21. The third kappa shape index (κ3) is 3.09. The molecular formula is C30H32N2Si. The van der Waals surface area contributed by atoms with E-state index in [-0.39, 0.29) is 5.41 Å². The van der Waals surface area contributed by atoms with Gasteiger partial charge >= 0.3 is 0 Å². The molecule has 3 aromatic carbocycles. The second kappa shape index (κ2) is 6.57. The van der Waals surface area contributed by atoms with Crippen LogP contribution in [-0.2, 0) is 6.42 Å².